The van der Waals surface area contributed by atoms with Gasteiger partial charge < -0.3 is 10.4 Å². The second-order valence-corrected chi connectivity index (χ2v) is 6.68. The van der Waals surface area contributed by atoms with Crippen LogP contribution in [0, 0.1) is 12.3 Å². The summed E-state index contributed by atoms with van der Waals surface area (Å²) < 4.78 is 0. The number of nitrogens with one attached hydrogen (secondary N) is 1. The molecule has 0 saturated heterocycles. The third-order valence-corrected chi connectivity index (χ3v) is 4.73. The van der Waals surface area contributed by atoms with Gasteiger partial charge in [-0.15, -0.1) is 0 Å². The molecule has 116 valence electrons. The Labute approximate surface area is 127 Å². The SMILES string of the molecule is Cc1ccc(CCC(=O)NC[C@]2(C)CCCC[C@@H]2O)cc1. The Hall–Kier alpha value is -1.35. The highest BCUT2D eigenvalue weighted by Crippen LogP contribution is 2.35. The molecule has 3 heteroatoms. The molecule has 2 N–H and O–H groups in total. The molecule has 3 nitrogen and oxygen atoms in total. The second kappa shape index (κ2) is 7.08. The van der Waals surface area contributed by atoms with E-state index in [9.17, 15) is 9.90 Å². The molecule has 0 unspecified atom stereocenters. The third kappa shape index (κ3) is 4.57. The fourth-order valence-electron chi connectivity index (χ4n) is 2.99. The van der Waals surface area contributed by atoms with E-state index < -0.39 is 0 Å². The lowest BCUT2D eigenvalue weighted by Gasteiger charge is -2.38. The zero-order valence-corrected chi connectivity index (χ0v) is 13.2. The van der Waals surface area contributed by atoms with Gasteiger partial charge >= 0.3 is 0 Å². The number of carbonyl (C=O) groups is 1. The molecular formula is C18H27NO2. The lowest BCUT2D eigenvalue weighted by molar-refractivity contribution is -0.122. The van der Waals surface area contributed by atoms with E-state index in [4.69, 9.17) is 0 Å². The maximum atomic E-state index is 12.0. The van der Waals surface area contributed by atoms with Gasteiger partial charge in [0.25, 0.3) is 0 Å². The molecule has 1 amide bonds. The highest BCUT2D eigenvalue weighted by atomic mass is 16.3. The van der Waals surface area contributed by atoms with E-state index in [2.05, 4.69) is 43.4 Å². The fourth-order valence-corrected chi connectivity index (χ4v) is 2.99. The molecule has 0 spiro atoms. The van der Waals surface area contributed by atoms with Crippen LogP contribution in [0.5, 0.6) is 0 Å². The van der Waals surface area contributed by atoms with Crippen LogP contribution in [-0.2, 0) is 11.2 Å². The maximum Gasteiger partial charge on any atom is 0.220 e. The molecule has 0 aromatic heterocycles. The van der Waals surface area contributed by atoms with Gasteiger partial charge in [0.05, 0.1) is 6.10 Å². The number of aryl methyl sites for hydroxylation is 2. The average molecular weight is 289 g/mol. The molecule has 0 aliphatic heterocycles. The van der Waals surface area contributed by atoms with Crippen LogP contribution in [0.3, 0.4) is 0 Å². The predicted octanol–water partition coefficient (Wildman–Crippen LogP) is 2.99. The van der Waals surface area contributed by atoms with Crippen molar-refractivity contribution in [2.75, 3.05) is 6.54 Å². The van der Waals surface area contributed by atoms with Gasteiger partial charge in [0, 0.05) is 18.4 Å². The molecular weight excluding hydrogens is 262 g/mol. The standard InChI is InChI=1S/C18H27NO2/c1-14-6-8-15(9-7-14)10-11-17(21)19-13-18(2)12-4-3-5-16(18)20/h6-9,16,20H,3-5,10-13H2,1-2H3,(H,19,21)/t16-,18-/m0/s1. The van der Waals surface area contributed by atoms with Gasteiger partial charge in [-0.25, -0.2) is 0 Å². The number of aliphatic hydroxyl groups excluding tert-OH is 1. The zero-order chi connectivity index (χ0) is 15.3. The summed E-state index contributed by atoms with van der Waals surface area (Å²) in [7, 11) is 0. The van der Waals surface area contributed by atoms with Crippen molar-refractivity contribution in [1.29, 1.82) is 0 Å². The summed E-state index contributed by atoms with van der Waals surface area (Å²) in [4.78, 5) is 12.0. The van der Waals surface area contributed by atoms with E-state index in [0.29, 0.717) is 13.0 Å². The van der Waals surface area contributed by atoms with Crippen molar-refractivity contribution >= 4 is 5.91 Å². The van der Waals surface area contributed by atoms with E-state index in [1.54, 1.807) is 0 Å². The van der Waals surface area contributed by atoms with Crippen molar-refractivity contribution in [3.8, 4) is 0 Å². The molecule has 0 heterocycles. The van der Waals surface area contributed by atoms with Gasteiger partial charge in [-0.2, -0.15) is 0 Å². The topological polar surface area (TPSA) is 49.3 Å². The summed E-state index contributed by atoms with van der Waals surface area (Å²) in [5.74, 6) is 0.0783. The first kappa shape index (κ1) is 16.0. The van der Waals surface area contributed by atoms with E-state index in [-0.39, 0.29) is 17.4 Å². The number of benzene rings is 1. The summed E-state index contributed by atoms with van der Waals surface area (Å²) >= 11 is 0. The van der Waals surface area contributed by atoms with Gasteiger partial charge in [0.1, 0.15) is 0 Å². The van der Waals surface area contributed by atoms with Crippen molar-refractivity contribution < 1.29 is 9.90 Å². The third-order valence-electron chi connectivity index (χ3n) is 4.73. The molecule has 2 atom stereocenters. The van der Waals surface area contributed by atoms with Crippen LogP contribution >= 0.6 is 0 Å². The second-order valence-electron chi connectivity index (χ2n) is 6.68. The van der Waals surface area contributed by atoms with Gasteiger partial charge in [0.2, 0.25) is 5.91 Å². The van der Waals surface area contributed by atoms with Gasteiger partial charge in [-0.1, -0.05) is 49.6 Å². The van der Waals surface area contributed by atoms with E-state index in [1.807, 2.05) is 0 Å². The molecule has 21 heavy (non-hydrogen) atoms. The number of rotatable bonds is 5. The monoisotopic (exact) mass is 289 g/mol. The van der Waals surface area contributed by atoms with E-state index in [1.165, 1.54) is 11.1 Å². The summed E-state index contributed by atoms with van der Waals surface area (Å²) in [6, 6.07) is 8.31. The molecule has 1 aliphatic rings. The number of amides is 1. The lowest BCUT2D eigenvalue weighted by Crippen LogP contribution is -2.45. The van der Waals surface area contributed by atoms with E-state index >= 15 is 0 Å². The number of aliphatic hydroxyl groups is 1. The van der Waals surface area contributed by atoms with Crippen molar-refractivity contribution in [3.63, 3.8) is 0 Å². The van der Waals surface area contributed by atoms with Crippen LogP contribution < -0.4 is 5.32 Å². The van der Waals surface area contributed by atoms with Crippen molar-refractivity contribution in [2.24, 2.45) is 5.41 Å². The Morgan fingerprint density at radius 1 is 1.33 bits per heavy atom. The lowest BCUT2D eigenvalue weighted by atomic mass is 9.73. The first-order valence-corrected chi connectivity index (χ1v) is 8.00. The fraction of sp³-hybridized carbons (Fsp3) is 0.611. The summed E-state index contributed by atoms with van der Waals surface area (Å²) in [5.41, 5.74) is 2.28. The molecule has 2 rings (SSSR count). The number of hydrogen-bond donors (Lipinski definition) is 2. The highest BCUT2D eigenvalue weighted by molar-refractivity contribution is 5.76. The molecule has 1 aromatic rings. The minimum atomic E-state index is -0.288. The predicted molar refractivity (Wildman–Crippen MR) is 85.1 cm³/mol. The first-order valence-electron chi connectivity index (χ1n) is 8.00. The maximum absolute atomic E-state index is 12.0. The summed E-state index contributed by atoms with van der Waals surface area (Å²) in [6.07, 6.45) is 5.08. The van der Waals surface area contributed by atoms with Crippen LogP contribution in [0.1, 0.15) is 50.2 Å². The smallest absolute Gasteiger partial charge is 0.220 e. The Kier molecular flexibility index (Phi) is 5.40. The molecule has 0 radical (unpaired) electrons. The molecule has 1 fully saturated rings. The van der Waals surface area contributed by atoms with Crippen LogP contribution in [0.15, 0.2) is 24.3 Å². The molecule has 1 aliphatic carbocycles. The van der Waals surface area contributed by atoms with Crippen LogP contribution in [0.25, 0.3) is 0 Å². The highest BCUT2D eigenvalue weighted by Gasteiger charge is 2.35. The Morgan fingerprint density at radius 2 is 2.05 bits per heavy atom. The number of hydrogen-bond acceptors (Lipinski definition) is 2. The Bertz CT molecular complexity index is 469. The van der Waals surface area contributed by atoms with Gasteiger partial charge in [-0.3, -0.25) is 4.79 Å². The average Bonchev–Trinajstić information content (AvgIpc) is 2.48. The van der Waals surface area contributed by atoms with E-state index in [0.717, 1.165) is 32.1 Å². The van der Waals surface area contributed by atoms with Gasteiger partial charge in [0.15, 0.2) is 0 Å². The normalized spacial score (nSPS) is 25.6. The quantitative estimate of drug-likeness (QED) is 0.875. The largest absolute Gasteiger partial charge is 0.392 e. The summed E-state index contributed by atoms with van der Waals surface area (Å²) in [5, 5.41) is 13.1. The molecule has 1 saturated carbocycles. The zero-order valence-electron chi connectivity index (χ0n) is 13.2. The minimum absolute atomic E-state index is 0.0783. The summed E-state index contributed by atoms with van der Waals surface area (Å²) in [6.45, 7) is 4.73. The number of carbonyl (C=O) groups excluding carboxylic acids is 1. The van der Waals surface area contributed by atoms with Crippen LogP contribution in [0.4, 0.5) is 0 Å². The van der Waals surface area contributed by atoms with Crippen LogP contribution in [-0.4, -0.2) is 23.7 Å². The van der Waals surface area contributed by atoms with Gasteiger partial charge in [-0.05, 0) is 31.7 Å². The minimum Gasteiger partial charge on any atom is -0.392 e. The van der Waals surface area contributed by atoms with Crippen molar-refractivity contribution in [2.45, 2.75) is 58.5 Å². The van der Waals surface area contributed by atoms with Crippen molar-refractivity contribution in [3.05, 3.63) is 35.4 Å². The Balaban J connectivity index is 1.75. The molecule has 0 bridgehead atoms. The molecule has 1 aromatic carbocycles. The Morgan fingerprint density at radius 3 is 2.71 bits per heavy atom. The van der Waals surface area contributed by atoms with Crippen LogP contribution in [0.2, 0.25) is 0 Å². The van der Waals surface area contributed by atoms with Crippen molar-refractivity contribution in [1.82, 2.24) is 5.32 Å². The first-order chi connectivity index (χ1) is 9.99.